The minimum Gasteiger partial charge on any atom is -0.393 e. The number of carbonyl (C=O) groups is 2. The number of hydroxylamine groups is 2. The lowest BCUT2D eigenvalue weighted by Crippen LogP contribution is -2.62. The lowest BCUT2D eigenvalue weighted by Gasteiger charge is -2.63. The Kier molecular flexibility index (Phi) is 9.72. The van der Waals surface area contributed by atoms with E-state index in [0.717, 1.165) is 69.3 Å². The number of rotatable bonds is 10. The quantitative estimate of drug-likeness (QED) is 0.159. The van der Waals surface area contributed by atoms with Crippen molar-refractivity contribution >= 4 is 11.8 Å². The Hall–Kier alpha value is -1.22. The van der Waals surface area contributed by atoms with Crippen molar-refractivity contribution < 1.29 is 30.1 Å². The molecule has 5 N–H and O–H groups in total. The molecule has 0 unspecified atom stereocenters. The third-order valence-corrected chi connectivity index (χ3v) is 12.1. The predicted molar refractivity (Wildman–Crippen MR) is 148 cm³/mol. The smallest absolute Gasteiger partial charge is 0.242 e. The normalized spacial score (nSPS) is 42.2. The number of amides is 2. The van der Waals surface area contributed by atoms with Crippen molar-refractivity contribution in [2.45, 2.75) is 123 Å². The number of hydrogen-bond acceptors (Lipinski definition) is 6. The summed E-state index contributed by atoms with van der Waals surface area (Å²) in [5.41, 5.74) is -0.159. The molecule has 0 aromatic rings. The Labute approximate surface area is 234 Å². The largest absolute Gasteiger partial charge is 0.393 e. The topological polar surface area (TPSA) is 130 Å². The predicted octanol–water partition coefficient (Wildman–Crippen LogP) is 3.89. The zero-order chi connectivity index (χ0) is 28.5. The second-order valence-electron chi connectivity index (χ2n) is 14.1. The van der Waals surface area contributed by atoms with E-state index in [-0.39, 0.29) is 40.8 Å². The van der Waals surface area contributed by atoms with Gasteiger partial charge in [-0.05, 0) is 117 Å². The molecule has 0 saturated heterocycles. The molecule has 4 saturated carbocycles. The number of unbranched alkanes of at least 4 members (excludes halogenated alkanes) is 2. The summed E-state index contributed by atoms with van der Waals surface area (Å²) in [7, 11) is 0. The van der Waals surface area contributed by atoms with Crippen LogP contribution in [0, 0.1) is 46.3 Å². The van der Waals surface area contributed by atoms with Crippen molar-refractivity contribution in [1.82, 2.24) is 10.4 Å². The molecule has 0 radical (unpaired) electrons. The van der Waals surface area contributed by atoms with Gasteiger partial charge in [0.25, 0.3) is 0 Å². The molecule has 0 heterocycles. The lowest BCUT2D eigenvalue weighted by molar-refractivity contribution is -0.207. The molecule has 4 aliphatic rings. The van der Waals surface area contributed by atoms with Gasteiger partial charge in [0.05, 0.1) is 18.3 Å². The monoisotopic (exact) mass is 550 g/mol. The lowest BCUT2D eigenvalue weighted by atomic mass is 9.43. The number of nitrogens with one attached hydrogen (secondary N) is 1. The van der Waals surface area contributed by atoms with E-state index in [1.807, 2.05) is 0 Å². The number of aliphatic hydroxyl groups is 3. The first-order chi connectivity index (χ1) is 18.4. The highest BCUT2D eigenvalue weighted by atomic mass is 16.5. The molecule has 8 heteroatoms. The van der Waals surface area contributed by atoms with Crippen LogP contribution in [0.25, 0.3) is 0 Å². The molecule has 0 aliphatic heterocycles. The molecule has 0 bridgehead atoms. The minimum absolute atomic E-state index is 0.0551. The third-order valence-electron chi connectivity index (χ3n) is 12.1. The minimum atomic E-state index is -0.403. The van der Waals surface area contributed by atoms with Gasteiger partial charge in [-0.2, -0.15) is 0 Å². The molecular formula is C31H54N2O6. The van der Waals surface area contributed by atoms with Crippen LogP contribution in [0.2, 0.25) is 0 Å². The van der Waals surface area contributed by atoms with E-state index < -0.39 is 6.10 Å². The number of carbonyl (C=O) groups excluding carboxylic acids is 2. The molecule has 8 nitrogen and oxygen atoms in total. The highest BCUT2D eigenvalue weighted by Gasteiger charge is 2.65. The van der Waals surface area contributed by atoms with E-state index in [0.29, 0.717) is 55.5 Å². The maximum absolute atomic E-state index is 12.5. The van der Waals surface area contributed by atoms with Crippen molar-refractivity contribution in [3.63, 3.8) is 0 Å². The Bertz CT molecular complexity index is 870. The van der Waals surface area contributed by atoms with Crippen molar-refractivity contribution in [1.29, 1.82) is 0 Å². The van der Waals surface area contributed by atoms with Gasteiger partial charge in [-0.3, -0.25) is 14.8 Å². The molecular weight excluding hydrogens is 496 g/mol. The molecule has 2 amide bonds. The summed E-state index contributed by atoms with van der Waals surface area (Å²) >= 11 is 0. The van der Waals surface area contributed by atoms with E-state index in [4.69, 9.17) is 0 Å². The fraction of sp³-hybridized carbons (Fsp3) is 0.935. The van der Waals surface area contributed by atoms with Crippen LogP contribution in [0.15, 0.2) is 0 Å². The fourth-order valence-corrected chi connectivity index (χ4v) is 9.73. The first-order valence-electron chi connectivity index (χ1n) is 15.7. The maximum Gasteiger partial charge on any atom is 0.242 e. The van der Waals surface area contributed by atoms with Crippen molar-refractivity contribution in [2.24, 2.45) is 46.3 Å². The molecule has 224 valence electrons. The van der Waals surface area contributed by atoms with Crippen LogP contribution in [0.5, 0.6) is 0 Å². The van der Waals surface area contributed by atoms with Gasteiger partial charge in [-0.15, -0.1) is 0 Å². The Morgan fingerprint density at radius 2 is 1.74 bits per heavy atom. The fourth-order valence-electron chi connectivity index (χ4n) is 9.73. The first kappa shape index (κ1) is 30.7. The molecule has 4 aliphatic carbocycles. The van der Waals surface area contributed by atoms with Crippen LogP contribution in [0.4, 0.5) is 0 Å². The van der Waals surface area contributed by atoms with Gasteiger partial charge < -0.3 is 20.6 Å². The van der Waals surface area contributed by atoms with Crippen LogP contribution in [0.1, 0.15) is 105 Å². The van der Waals surface area contributed by atoms with Crippen molar-refractivity contribution in [3.05, 3.63) is 0 Å². The number of fused-ring (bicyclic) bond motifs is 5. The first-order valence-corrected chi connectivity index (χ1v) is 15.7. The second kappa shape index (κ2) is 12.3. The second-order valence-corrected chi connectivity index (χ2v) is 14.1. The Balaban J connectivity index is 1.29. The summed E-state index contributed by atoms with van der Waals surface area (Å²) in [5.74, 6) is 1.48. The van der Waals surface area contributed by atoms with Gasteiger partial charge in [0.15, 0.2) is 0 Å². The van der Waals surface area contributed by atoms with Crippen molar-refractivity contribution in [2.75, 3.05) is 13.1 Å². The molecule has 4 fully saturated rings. The van der Waals surface area contributed by atoms with Crippen LogP contribution >= 0.6 is 0 Å². The molecule has 11 atom stereocenters. The summed E-state index contributed by atoms with van der Waals surface area (Å²) in [4.78, 5) is 23.6. The number of nitrogens with zero attached hydrogens (tertiary/aromatic N) is 1. The summed E-state index contributed by atoms with van der Waals surface area (Å²) < 4.78 is 0. The van der Waals surface area contributed by atoms with Gasteiger partial charge in [0, 0.05) is 26.4 Å². The summed E-state index contributed by atoms with van der Waals surface area (Å²) in [6, 6.07) is 0. The van der Waals surface area contributed by atoms with Crippen LogP contribution < -0.4 is 5.32 Å². The van der Waals surface area contributed by atoms with Crippen LogP contribution in [0.3, 0.4) is 0 Å². The van der Waals surface area contributed by atoms with Gasteiger partial charge in [-0.1, -0.05) is 20.8 Å². The van der Waals surface area contributed by atoms with E-state index in [9.17, 15) is 30.1 Å². The average molecular weight is 551 g/mol. The van der Waals surface area contributed by atoms with Crippen LogP contribution in [-0.2, 0) is 9.59 Å². The molecule has 0 spiro atoms. The number of aliphatic hydroxyl groups excluding tert-OH is 3. The van der Waals surface area contributed by atoms with Gasteiger partial charge in [-0.25, -0.2) is 5.06 Å². The molecule has 39 heavy (non-hydrogen) atoms. The highest BCUT2D eigenvalue weighted by molar-refractivity contribution is 5.75. The summed E-state index contributed by atoms with van der Waals surface area (Å²) in [5, 5.41) is 46.6. The SMILES string of the molecule is CC(=O)N(O)CCCCCNC(=O)CC[C@@H](C)[C@H]1CC[C@H]2[C@@H]3[C@H](O)C[C@@H]4C[C@H](O)CC[C@]4(C)[C@H]3C[C@H](O)[C@]12C. The average Bonchev–Trinajstić information content (AvgIpc) is 3.24. The third kappa shape index (κ3) is 6.05. The van der Waals surface area contributed by atoms with Crippen molar-refractivity contribution in [3.8, 4) is 0 Å². The number of hydrogen-bond donors (Lipinski definition) is 5. The van der Waals surface area contributed by atoms with E-state index >= 15 is 0 Å². The summed E-state index contributed by atoms with van der Waals surface area (Å²) in [6.07, 6.45) is 8.74. The van der Waals surface area contributed by atoms with Gasteiger partial charge >= 0.3 is 0 Å². The molecule has 0 aromatic carbocycles. The van der Waals surface area contributed by atoms with E-state index in [1.165, 1.54) is 6.92 Å². The Morgan fingerprint density at radius 1 is 1.00 bits per heavy atom. The van der Waals surface area contributed by atoms with Gasteiger partial charge in [0.1, 0.15) is 0 Å². The zero-order valence-corrected chi connectivity index (χ0v) is 24.6. The van der Waals surface area contributed by atoms with Gasteiger partial charge in [0.2, 0.25) is 11.8 Å². The van der Waals surface area contributed by atoms with E-state index in [2.05, 4.69) is 26.1 Å². The zero-order valence-electron chi connectivity index (χ0n) is 24.6. The van der Waals surface area contributed by atoms with E-state index in [1.54, 1.807) is 0 Å². The molecule has 4 rings (SSSR count). The standard InChI is InChI=1S/C31H54N2O6/c1-19(8-11-28(38)32-14-6-5-7-15-33(39)20(2)34)23-9-10-24-29-25(18-27(37)31(23,24)4)30(3)13-12-22(35)16-21(30)17-26(29)36/h19,21-27,29,35-37,39H,5-18H2,1-4H3,(H,32,38)/t19-,21+,22-,23-,24+,25+,26-,27+,29+,30+,31-/m1/s1. The van der Waals surface area contributed by atoms with Crippen LogP contribution in [-0.4, -0.2) is 68.8 Å². The molecule has 0 aromatic heterocycles. The highest BCUT2D eigenvalue weighted by Crippen LogP contribution is 2.68. The summed E-state index contributed by atoms with van der Waals surface area (Å²) in [6.45, 7) is 9.10. The Morgan fingerprint density at radius 3 is 2.46 bits per heavy atom. The maximum atomic E-state index is 12.5.